The molecule has 2 aliphatic heterocycles. The zero-order chi connectivity index (χ0) is 17.1. The molecule has 0 bridgehead atoms. The van der Waals surface area contributed by atoms with Gasteiger partial charge in [0.25, 0.3) is 0 Å². The summed E-state index contributed by atoms with van der Waals surface area (Å²) >= 11 is 0. The fraction of sp³-hybridized carbons (Fsp3) is 0.579. The molecule has 2 atom stereocenters. The van der Waals surface area contributed by atoms with Gasteiger partial charge in [-0.05, 0) is 49.9 Å². The molecule has 0 saturated carbocycles. The fourth-order valence-electron chi connectivity index (χ4n) is 4.25. The average molecular weight is 329 g/mol. The van der Waals surface area contributed by atoms with Gasteiger partial charge in [-0.1, -0.05) is 19.1 Å². The van der Waals surface area contributed by atoms with Crippen molar-refractivity contribution in [3.05, 3.63) is 35.4 Å². The minimum Gasteiger partial charge on any atom is -0.366 e. The van der Waals surface area contributed by atoms with Crippen molar-refractivity contribution in [2.45, 2.75) is 57.7 Å². The van der Waals surface area contributed by atoms with E-state index < -0.39 is 0 Å². The molecule has 2 saturated heterocycles. The van der Waals surface area contributed by atoms with Crippen molar-refractivity contribution in [3.8, 4) is 0 Å². The fourth-order valence-corrected chi connectivity index (χ4v) is 4.25. The third-order valence-corrected chi connectivity index (χ3v) is 5.38. The monoisotopic (exact) mass is 329 g/mol. The lowest BCUT2D eigenvalue weighted by Gasteiger charge is -2.35. The Morgan fingerprint density at radius 1 is 1.17 bits per heavy atom. The number of hydrogen-bond donors (Lipinski definition) is 1. The molecule has 5 nitrogen and oxygen atoms in total. The molecular weight excluding hydrogens is 302 g/mol. The van der Waals surface area contributed by atoms with E-state index in [1.807, 2.05) is 25.1 Å². The molecule has 2 aliphatic rings. The Morgan fingerprint density at radius 3 is 2.67 bits per heavy atom. The number of hydrogen-bond acceptors (Lipinski definition) is 3. The van der Waals surface area contributed by atoms with Gasteiger partial charge in [-0.3, -0.25) is 14.5 Å². The van der Waals surface area contributed by atoms with Gasteiger partial charge in [-0.25, -0.2) is 0 Å². The standard InChI is InChI=1S/C19H27N3O2/c1-2-18(23)22-11-5-9-17(22)16-8-4-10-21(16)13-14-6-3-7-15(12-14)19(20)24/h3,6-7,12,16-17H,2,4-5,8-11,13H2,1H3,(H2,20,24)/t16-,17-/m1/s1. The Morgan fingerprint density at radius 2 is 1.92 bits per heavy atom. The minimum absolute atomic E-state index is 0.278. The SMILES string of the molecule is CCC(=O)N1CCC[C@@H]1[C@H]1CCCN1Cc1cccc(C(N)=O)c1. The van der Waals surface area contributed by atoms with Crippen molar-refractivity contribution in [2.24, 2.45) is 5.73 Å². The Bertz CT molecular complexity index is 616. The molecule has 2 heterocycles. The van der Waals surface area contributed by atoms with Crippen LogP contribution in [0.25, 0.3) is 0 Å². The number of carbonyl (C=O) groups excluding carboxylic acids is 2. The van der Waals surface area contributed by atoms with Crippen LogP contribution in [-0.2, 0) is 11.3 Å². The molecule has 0 spiro atoms. The van der Waals surface area contributed by atoms with Gasteiger partial charge in [0.05, 0.1) is 0 Å². The summed E-state index contributed by atoms with van der Waals surface area (Å²) in [5, 5.41) is 0. The van der Waals surface area contributed by atoms with E-state index in [1.165, 1.54) is 6.42 Å². The quantitative estimate of drug-likeness (QED) is 0.900. The van der Waals surface area contributed by atoms with Crippen LogP contribution in [-0.4, -0.2) is 46.8 Å². The van der Waals surface area contributed by atoms with Crippen molar-refractivity contribution in [1.82, 2.24) is 9.80 Å². The van der Waals surface area contributed by atoms with Crippen molar-refractivity contribution < 1.29 is 9.59 Å². The van der Waals surface area contributed by atoms with Crippen LogP contribution in [0.15, 0.2) is 24.3 Å². The second-order valence-corrected chi connectivity index (χ2v) is 6.89. The Balaban J connectivity index is 1.73. The topological polar surface area (TPSA) is 66.6 Å². The molecule has 1 aromatic rings. The van der Waals surface area contributed by atoms with Crippen LogP contribution in [0.2, 0.25) is 0 Å². The number of nitrogens with two attached hydrogens (primary N) is 1. The molecule has 0 radical (unpaired) electrons. The summed E-state index contributed by atoms with van der Waals surface area (Å²) < 4.78 is 0. The third-order valence-electron chi connectivity index (χ3n) is 5.38. The number of nitrogens with zero attached hydrogens (tertiary/aromatic N) is 2. The predicted octanol–water partition coefficient (Wildman–Crippen LogP) is 2.15. The second-order valence-electron chi connectivity index (χ2n) is 6.89. The zero-order valence-corrected chi connectivity index (χ0v) is 14.4. The molecule has 24 heavy (non-hydrogen) atoms. The highest BCUT2D eigenvalue weighted by Crippen LogP contribution is 2.31. The second kappa shape index (κ2) is 7.34. The van der Waals surface area contributed by atoms with Crippen molar-refractivity contribution in [2.75, 3.05) is 13.1 Å². The van der Waals surface area contributed by atoms with Crippen LogP contribution in [0.5, 0.6) is 0 Å². The van der Waals surface area contributed by atoms with Gasteiger partial charge in [-0.2, -0.15) is 0 Å². The first kappa shape index (κ1) is 17.0. The van der Waals surface area contributed by atoms with Crippen molar-refractivity contribution in [3.63, 3.8) is 0 Å². The molecule has 0 unspecified atom stereocenters. The zero-order valence-electron chi connectivity index (χ0n) is 14.4. The van der Waals surface area contributed by atoms with E-state index in [4.69, 9.17) is 5.73 Å². The van der Waals surface area contributed by atoms with E-state index in [0.29, 0.717) is 24.1 Å². The number of rotatable bonds is 5. The summed E-state index contributed by atoms with van der Waals surface area (Å²) in [6.45, 7) is 4.71. The number of amides is 2. The average Bonchev–Trinajstić information content (AvgIpc) is 3.23. The van der Waals surface area contributed by atoms with Crippen LogP contribution >= 0.6 is 0 Å². The first-order valence-corrected chi connectivity index (χ1v) is 9.02. The molecule has 2 amide bonds. The van der Waals surface area contributed by atoms with Gasteiger partial charge in [-0.15, -0.1) is 0 Å². The van der Waals surface area contributed by atoms with Crippen molar-refractivity contribution >= 4 is 11.8 Å². The normalized spacial score (nSPS) is 24.5. The van der Waals surface area contributed by atoms with Crippen LogP contribution in [0.1, 0.15) is 54.9 Å². The Labute approximate surface area is 143 Å². The maximum atomic E-state index is 12.2. The molecule has 5 heteroatoms. The lowest BCUT2D eigenvalue weighted by atomic mass is 10.0. The number of primary amides is 1. The molecule has 0 aromatic heterocycles. The number of carbonyl (C=O) groups is 2. The summed E-state index contributed by atoms with van der Waals surface area (Å²) in [7, 11) is 0. The minimum atomic E-state index is -0.384. The molecule has 2 fully saturated rings. The van der Waals surface area contributed by atoms with E-state index in [0.717, 1.165) is 44.5 Å². The van der Waals surface area contributed by atoms with Gasteiger partial charge < -0.3 is 10.6 Å². The summed E-state index contributed by atoms with van der Waals surface area (Å²) in [5.41, 5.74) is 7.07. The van der Waals surface area contributed by atoms with Crippen LogP contribution in [0.3, 0.4) is 0 Å². The van der Waals surface area contributed by atoms with Crippen LogP contribution in [0, 0.1) is 0 Å². The van der Waals surface area contributed by atoms with Gasteiger partial charge >= 0.3 is 0 Å². The highest BCUT2D eigenvalue weighted by atomic mass is 16.2. The van der Waals surface area contributed by atoms with Gasteiger partial charge in [0.2, 0.25) is 11.8 Å². The molecule has 130 valence electrons. The molecule has 2 N–H and O–H groups in total. The first-order valence-electron chi connectivity index (χ1n) is 9.02. The largest absolute Gasteiger partial charge is 0.366 e. The van der Waals surface area contributed by atoms with E-state index >= 15 is 0 Å². The Kier molecular flexibility index (Phi) is 5.19. The number of benzene rings is 1. The van der Waals surface area contributed by atoms with Gasteiger partial charge in [0.15, 0.2) is 0 Å². The maximum absolute atomic E-state index is 12.2. The predicted molar refractivity (Wildman–Crippen MR) is 93.4 cm³/mol. The van der Waals surface area contributed by atoms with Crippen LogP contribution < -0.4 is 5.73 Å². The van der Waals surface area contributed by atoms with E-state index in [1.54, 1.807) is 6.07 Å². The highest BCUT2D eigenvalue weighted by Gasteiger charge is 2.39. The molecule has 1 aromatic carbocycles. The van der Waals surface area contributed by atoms with E-state index in [-0.39, 0.29) is 11.8 Å². The maximum Gasteiger partial charge on any atom is 0.248 e. The first-order chi connectivity index (χ1) is 11.6. The summed E-state index contributed by atoms with van der Waals surface area (Å²) in [4.78, 5) is 28.2. The van der Waals surface area contributed by atoms with Crippen LogP contribution in [0.4, 0.5) is 0 Å². The van der Waals surface area contributed by atoms with E-state index in [2.05, 4.69) is 9.80 Å². The Hall–Kier alpha value is -1.88. The van der Waals surface area contributed by atoms with Gasteiger partial charge in [0, 0.05) is 37.2 Å². The lowest BCUT2D eigenvalue weighted by Crippen LogP contribution is -2.47. The van der Waals surface area contributed by atoms with Gasteiger partial charge in [0.1, 0.15) is 0 Å². The lowest BCUT2D eigenvalue weighted by molar-refractivity contribution is -0.132. The van der Waals surface area contributed by atoms with E-state index in [9.17, 15) is 9.59 Å². The smallest absolute Gasteiger partial charge is 0.248 e. The highest BCUT2D eigenvalue weighted by molar-refractivity contribution is 5.92. The summed E-state index contributed by atoms with van der Waals surface area (Å²) in [5.74, 6) is -0.106. The molecule has 0 aliphatic carbocycles. The third kappa shape index (κ3) is 3.46. The molecular formula is C19H27N3O2. The summed E-state index contributed by atoms with van der Waals surface area (Å²) in [6, 6.07) is 8.36. The molecule has 3 rings (SSSR count). The number of likely N-dealkylation sites (tertiary alicyclic amines) is 2. The van der Waals surface area contributed by atoms with Crippen molar-refractivity contribution in [1.29, 1.82) is 0 Å². The summed E-state index contributed by atoms with van der Waals surface area (Å²) in [6.07, 6.45) is 5.12.